The van der Waals surface area contributed by atoms with Crippen LogP contribution in [0.25, 0.3) is 0 Å². The molecule has 0 spiro atoms. The minimum atomic E-state index is -4.76. The highest BCUT2D eigenvalue weighted by atomic mass is 31.3. The Balaban J connectivity index is 2.09. The van der Waals surface area contributed by atoms with E-state index in [9.17, 15) is 29.3 Å². The van der Waals surface area contributed by atoms with Crippen LogP contribution in [0.1, 0.15) is 64.2 Å². The second kappa shape index (κ2) is 11.7. The minimum Gasteiger partial charge on any atom is -0.396 e. The maximum absolute atomic E-state index is 13.2. The van der Waals surface area contributed by atoms with Crippen molar-refractivity contribution in [1.82, 2.24) is 0 Å². The lowest BCUT2D eigenvalue weighted by atomic mass is 9.93. The number of rotatable bonds is 12. The van der Waals surface area contributed by atoms with Crippen molar-refractivity contribution < 1.29 is 47.2 Å². The molecule has 2 rings (SSSR count). The van der Waals surface area contributed by atoms with E-state index in [2.05, 4.69) is 0 Å². The van der Waals surface area contributed by atoms with Gasteiger partial charge < -0.3 is 20.2 Å². The molecule has 0 heterocycles. The number of hydrogen-bond acceptors (Lipinski definition) is 9. The molecule has 0 aromatic carbocycles. The van der Waals surface area contributed by atoms with Crippen molar-refractivity contribution in [1.29, 1.82) is 0 Å². The average molecular weight is 460 g/mol. The molecule has 10 nitrogen and oxygen atoms in total. The van der Waals surface area contributed by atoms with Crippen LogP contribution in [0.3, 0.4) is 0 Å². The van der Waals surface area contributed by atoms with Crippen LogP contribution in [-0.4, -0.2) is 58.8 Å². The van der Waals surface area contributed by atoms with Crippen molar-refractivity contribution in [3.63, 3.8) is 0 Å². The summed E-state index contributed by atoms with van der Waals surface area (Å²) >= 11 is 0. The summed E-state index contributed by atoms with van der Waals surface area (Å²) in [7, 11) is -9.34. The monoisotopic (exact) mass is 460 g/mol. The molecule has 172 valence electrons. The molecule has 12 heteroatoms. The highest BCUT2D eigenvalue weighted by Gasteiger charge is 2.44. The van der Waals surface area contributed by atoms with Gasteiger partial charge in [0.15, 0.2) is 0 Å². The van der Waals surface area contributed by atoms with E-state index < -0.39 is 59.7 Å². The Morgan fingerprint density at radius 2 is 1.21 bits per heavy atom. The van der Waals surface area contributed by atoms with Crippen molar-refractivity contribution in [2.24, 2.45) is 5.41 Å². The van der Waals surface area contributed by atoms with E-state index in [4.69, 9.17) is 17.9 Å². The molecule has 2 aliphatic rings. The molecule has 2 unspecified atom stereocenters. The van der Waals surface area contributed by atoms with Gasteiger partial charge in [0, 0.05) is 0 Å². The van der Waals surface area contributed by atoms with Crippen LogP contribution in [0.15, 0.2) is 0 Å². The van der Waals surface area contributed by atoms with Gasteiger partial charge in [-0.25, -0.2) is 9.13 Å². The lowest BCUT2D eigenvalue weighted by molar-refractivity contribution is -0.0377. The molecule has 0 aromatic heterocycles. The van der Waals surface area contributed by atoms with Gasteiger partial charge in [-0.15, -0.1) is 0 Å². The van der Waals surface area contributed by atoms with Crippen LogP contribution in [0, 0.1) is 5.41 Å². The summed E-state index contributed by atoms with van der Waals surface area (Å²) in [5, 5.41) is 28.3. The molecule has 2 fully saturated rings. The molecule has 29 heavy (non-hydrogen) atoms. The summed E-state index contributed by atoms with van der Waals surface area (Å²) in [6, 6.07) is 0. The average Bonchev–Trinajstić information content (AvgIpc) is 2.70. The second-order valence-corrected chi connectivity index (χ2v) is 11.1. The Labute approximate surface area is 171 Å². The highest BCUT2D eigenvalue weighted by Crippen LogP contribution is 2.65. The van der Waals surface area contributed by atoms with Crippen LogP contribution >= 0.6 is 15.6 Å². The summed E-state index contributed by atoms with van der Waals surface area (Å²) in [6.07, 6.45) is 6.92. The Morgan fingerprint density at radius 1 is 0.759 bits per heavy atom. The van der Waals surface area contributed by atoms with Crippen molar-refractivity contribution >= 4 is 15.6 Å². The molecule has 0 aliphatic heterocycles. The van der Waals surface area contributed by atoms with E-state index in [1.54, 1.807) is 0 Å². The first kappa shape index (κ1) is 25.4. The summed E-state index contributed by atoms with van der Waals surface area (Å²) < 4.78 is 46.5. The quantitative estimate of drug-likeness (QED) is 0.320. The first-order chi connectivity index (χ1) is 13.8. The third-order valence-electron chi connectivity index (χ3n) is 5.40. The smallest absolute Gasteiger partial charge is 0.396 e. The number of phosphoric acid groups is 2. The molecule has 0 saturated heterocycles. The van der Waals surface area contributed by atoms with Gasteiger partial charge in [0.1, 0.15) is 0 Å². The maximum atomic E-state index is 13.2. The van der Waals surface area contributed by atoms with Gasteiger partial charge in [0.05, 0.1) is 44.1 Å². The zero-order valence-corrected chi connectivity index (χ0v) is 18.5. The van der Waals surface area contributed by atoms with Gasteiger partial charge in [-0.05, 0) is 25.7 Å². The van der Waals surface area contributed by atoms with Crippen LogP contribution < -0.4 is 0 Å². The minimum absolute atomic E-state index is 0.476. The molecule has 2 aliphatic carbocycles. The standard InChI is InChI=1S/C17H34O10P2/c18-11-17(12-19,13-20)14-24-29(23,26-16-9-5-2-6-10-16)27-28(21,22)25-15-7-3-1-4-8-15/h15-16,18-20H,1-14H2,(H,21,22). The molecule has 0 aromatic rings. The maximum Gasteiger partial charge on any atom is 0.484 e. The third kappa shape index (κ3) is 8.30. The summed E-state index contributed by atoms with van der Waals surface area (Å²) in [6.45, 7) is -2.56. The van der Waals surface area contributed by atoms with Crippen molar-refractivity contribution in [2.45, 2.75) is 76.4 Å². The van der Waals surface area contributed by atoms with E-state index >= 15 is 0 Å². The summed E-state index contributed by atoms with van der Waals surface area (Å²) in [4.78, 5) is 10.2. The molecule has 4 N–H and O–H groups in total. The molecule has 0 radical (unpaired) electrons. The highest BCUT2D eigenvalue weighted by molar-refractivity contribution is 7.61. The zero-order chi connectivity index (χ0) is 21.4. The molecule has 0 bridgehead atoms. The molecular formula is C17H34O10P2. The van der Waals surface area contributed by atoms with Gasteiger partial charge in [0.25, 0.3) is 0 Å². The topological polar surface area (TPSA) is 152 Å². The zero-order valence-electron chi connectivity index (χ0n) is 16.7. The Bertz CT molecular complexity index is 562. The SMILES string of the molecule is O=P(O)(OC1CCCCC1)OP(=O)(OCC(CO)(CO)CO)OC1CCCCC1. The van der Waals surface area contributed by atoms with Crippen LogP contribution in [0.4, 0.5) is 0 Å². The third-order valence-corrected chi connectivity index (χ3v) is 8.59. The van der Waals surface area contributed by atoms with Crippen LogP contribution in [0.2, 0.25) is 0 Å². The lowest BCUT2D eigenvalue weighted by Gasteiger charge is -2.32. The van der Waals surface area contributed by atoms with E-state index in [-0.39, 0.29) is 0 Å². The van der Waals surface area contributed by atoms with Crippen LogP contribution in [-0.2, 0) is 27.0 Å². The fraction of sp³-hybridized carbons (Fsp3) is 1.00. The number of hydrogen-bond donors (Lipinski definition) is 4. The van der Waals surface area contributed by atoms with E-state index in [0.29, 0.717) is 25.7 Å². The number of phosphoric ester groups is 2. The summed E-state index contributed by atoms with van der Waals surface area (Å²) in [5.41, 5.74) is -1.50. The van der Waals surface area contributed by atoms with Gasteiger partial charge in [0.2, 0.25) is 0 Å². The first-order valence-corrected chi connectivity index (χ1v) is 13.2. The second-order valence-electron chi connectivity index (χ2n) is 7.98. The molecule has 0 amide bonds. The molecular weight excluding hydrogens is 426 g/mol. The predicted molar refractivity (Wildman–Crippen MR) is 104 cm³/mol. The van der Waals surface area contributed by atoms with Gasteiger partial charge >= 0.3 is 15.6 Å². The van der Waals surface area contributed by atoms with Crippen LogP contribution in [0.5, 0.6) is 0 Å². The normalized spacial score (nSPS) is 24.1. The Kier molecular flexibility index (Phi) is 10.2. The number of aliphatic hydroxyl groups is 3. The van der Waals surface area contributed by atoms with Crippen molar-refractivity contribution in [3.8, 4) is 0 Å². The van der Waals surface area contributed by atoms with Gasteiger partial charge in [-0.2, -0.15) is 4.31 Å². The molecule has 2 atom stereocenters. The van der Waals surface area contributed by atoms with E-state index in [0.717, 1.165) is 38.5 Å². The van der Waals surface area contributed by atoms with Crippen molar-refractivity contribution in [2.75, 3.05) is 26.4 Å². The van der Waals surface area contributed by atoms with Gasteiger partial charge in [-0.3, -0.25) is 13.6 Å². The Hall–Kier alpha value is 0.140. The van der Waals surface area contributed by atoms with E-state index in [1.807, 2.05) is 0 Å². The number of aliphatic hydroxyl groups excluding tert-OH is 3. The first-order valence-electron chi connectivity index (χ1n) is 10.2. The molecule has 2 saturated carbocycles. The van der Waals surface area contributed by atoms with E-state index in [1.165, 1.54) is 0 Å². The fourth-order valence-electron chi connectivity index (χ4n) is 3.43. The lowest BCUT2D eigenvalue weighted by Crippen LogP contribution is -2.38. The largest absolute Gasteiger partial charge is 0.484 e. The summed E-state index contributed by atoms with van der Waals surface area (Å²) in [5.74, 6) is 0. The van der Waals surface area contributed by atoms with Crippen molar-refractivity contribution in [3.05, 3.63) is 0 Å². The Morgan fingerprint density at radius 3 is 1.66 bits per heavy atom. The van der Waals surface area contributed by atoms with Gasteiger partial charge in [-0.1, -0.05) is 38.5 Å². The predicted octanol–water partition coefficient (Wildman–Crippen LogP) is 2.89. The fourth-order valence-corrected chi connectivity index (χ4v) is 6.60.